The van der Waals surface area contributed by atoms with Crippen LogP contribution in [0.25, 0.3) is 0 Å². The maximum absolute atomic E-state index is 12.8. The van der Waals surface area contributed by atoms with Gasteiger partial charge >= 0.3 is 0 Å². The van der Waals surface area contributed by atoms with Crippen LogP contribution in [0.1, 0.15) is 63.8 Å². The van der Waals surface area contributed by atoms with E-state index in [4.69, 9.17) is 5.73 Å². The average Bonchev–Trinajstić information content (AvgIpc) is 3.07. The second kappa shape index (κ2) is 10.3. The summed E-state index contributed by atoms with van der Waals surface area (Å²) in [4.78, 5) is 26.6. The number of fused-ring (bicyclic) bond motifs is 1. The number of hydrogen-bond donors (Lipinski definition) is 2. The molecule has 7 nitrogen and oxygen atoms in total. The van der Waals surface area contributed by atoms with Crippen molar-refractivity contribution in [3.8, 4) is 0 Å². The average molecular weight is 412 g/mol. The molecule has 1 atom stereocenters. The molecule has 1 aromatic heterocycles. The molecular weight excluding hydrogens is 378 g/mol. The van der Waals surface area contributed by atoms with E-state index >= 15 is 0 Å². The smallest absolute Gasteiger partial charge is 0.240 e. The molecule has 28 heavy (non-hydrogen) atoms. The fraction of sp³-hybridized carbons (Fsp3) is 0.750. The van der Waals surface area contributed by atoms with Crippen LogP contribution >= 0.6 is 12.4 Å². The summed E-state index contributed by atoms with van der Waals surface area (Å²) in [5.41, 5.74) is 8.25. The minimum atomic E-state index is -0.376. The molecule has 1 aromatic rings. The van der Waals surface area contributed by atoms with Gasteiger partial charge < -0.3 is 16.0 Å². The van der Waals surface area contributed by atoms with Crippen LogP contribution in [0.3, 0.4) is 0 Å². The maximum Gasteiger partial charge on any atom is 0.240 e. The van der Waals surface area contributed by atoms with Crippen molar-refractivity contribution in [3.05, 3.63) is 17.5 Å². The van der Waals surface area contributed by atoms with E-state index in [9.17, 15) is 9.59 Å². The van der Waals surface area contributed by atoms with Gasteiger partial charge in [0.05, 0.1) is 30.5 Å². The van der Waals surface area contributed by atoms with E-state index in [0.29, 0.717) is 38.4 Å². The normalized spacial score (nSPS) is 18.4. The molecular formula is C20H34ClN5O2. The Labute approximate surface area is 173 Å². The molecule has 158 valence electrons. The number of rotatable bonds is 6. The highest BCUT2D eigenvalue weighted by molar-refractivity contribution is 5.85. The van der Waals surface area contributed by atoms with Gasteiger partial charge in [-0.25, -0.2) is 0 Å². The number of hydrogen-bond acceptors (Lipinski definition) is 4. The number of carbonyl (C=O) groups is 2. The van der Waals surface area contributed by atoms with Gasteiger partial charge in [-0.15, -0.1) is 12.4 Å². The molecule has 1 aliphatic heterocycles. The second-order valence-corrected chi connectivity index (χ2v) is 8.26. The van der Waals surface area contributed by atoms with E-state index in [1.165, 1.54) is 19.3 Å². The zero-order valence-corrected chi connectivity index (χ0v) is 17.8. The van der Waals surface area contributed by atoms with E-state index in [-0.39, 0.29) is 36.3 Å². The van der Waals surface area contributed by atoms with Crippen molar-refractivity contribution in [3.63, 3.8) is 0 Å². The lowest BCUT2D eigenvalue weighted by molar-refractivity contribution is -0.135. The number of nitrogens with two attached hydrogens (primary N) is 1. The Morgan fingerprint density at radius 3 is 2.64 bits per heavy atom. The summed E-state index contributed by atoms with van der Waals surface area (Å²) in [6.45, 7) is 5.82. The van der Waals surface area contributed by atoms with Gasteiger partial charge in [-0.1, -0.05) is 19.3 Å². The quantitative estimate of drug-likeness (QED) is 0.748. The first-order valence-corrected chi connectivity index (χ1v) is 10.3. The van der Waals surface area contributed by atoms with Gasteiger partial charge in [0, 0.05) is 25.4 Å². The summed E-state index contributed by atoms with van der Waals surface area (Å²) in [7, 11) is 0. The van der Waals surface area contributed by atoms with Crippen LogP contribution in [0, 0.1) is 5.92 Å². The third kappa shape index (κ3) is 5.70. The minimum absolute atomic E-state index is 0. The Hall–Kier alpha value is -1.60. The van der Waals surface area contributed by atoms with Crippen molar-refractivity contribution in [2.24, 2.45) is 11.7 Å². The molecule has 1 aliphatic carbocycles. The molecule has 0 unspecified atom stereocenters. The maximum atomic E-state index is 12.8. The fourth-order valence-corrected chi connectivity index (χ4v) is 4.18. The van der Waals surface area contributed by atoms with Crippen molar-refractivity contribution in [1.29, 1.82) is 0 Å². The van der Waals surface area contributed by atoms with E-state index in [1.807, 2.05) is 29.5 Å². The Balaban J connectivity index is 0.00000280. The van der Waals surface area contributed by atoms with Gasteiger partial charge in [-0.3, -0.25) is 14.3 Å². The summed E-state index contributed by atoms with van der Waals surface area (Å²) >= 11 is 0. The first-order valence-electron chi connectivity index (χ1n) is 10.3. The number of halogens is 1. The van der Waals surface area contributed by atoms with Crippen LogP contribution in [0.4, 0.5) is 0 Å². The van der Waals surface area contributed by atoms with Crippen LogP contribution < -0.4 is 11.1 Å². The molecule has 1 fully saturated rings. The van der Waals surface area contributed by atoms with Crippen molar-refractivity contribution < 1.29 is 9.59 Å². The largest absolute Gasteiger partial charge is 0.354 e. The molecule has 0 spiro atoms. The van der Waals surface area contributed by atoms with Gasteiger partial charge in [0.25, 0.3) is 0 Å². The first kappa shape index (κ1) is 22.7. The second-order valence-electron chi connectivity index (χ2n) is 8.26. The summed E-state index contributed by atoms with van der Waals surface area (Å²) in [5, 5.41) is 7.50. The predicted molar refractivity (Wildman–Crippen MR) is 111 cm³/mol. The fourth-order valence-electron chi connectivity index (χ4n) is 4.18. The lowest BCUT2D eigenvalue weighted by atomic mass is 9.83. The third-order valence-corrected chi connectivity index (χ3v) is 5.66. The van der Waals surface area contributed by atoms with Gasteiger partial charge in [-0.2, -0.15) is 5.10 Å². The lowest BCUT2D eigenvalue weighted by Gasteiger charge is -2.33. The topological polar surface area (TPSA) is 93.2 Å². The van der Waals surface area contributed by atoms with E-state index in [0.717, 1.165) is 24.2 Å². The van der Waals surface area contributed by atoms with Gasteiger partial charge in [0.2, 0.25) is 11.8 Å². The van der Waals surface area contributed by atoms with Gasteiger partial charge in [0.1, 0.15) is 0 Å². The molecule has 1 saturated carbocycles. The minimum Gasteiger partial charge on any atom is -0.354 e. The van der Waals surface area contributed by atoms with Crippen LogP contribution in [0.15, 0.2) is 6.07 Å². The molecule has 0 radical (unpaired) electrons. The predicted octanol–water partition coefficient (Wildman–Crippen LogP) is 2.01. The third-order valence-electron chi connectivity index (χ3n) is 5.66. The van der Waals surface area contributed by atoms with Crippen LogP contribution in [-0.4, -0.2) is 45.1 Å². The summed E-state index contributed by atoms with van der Waals surface area (Å²) in [5.74, 6) is 0.451. The van der Waals surface area contributed by atoms with Gasteiger partial charge in [-0.05, 0) is 38.7 Å². The lowest BCUT2D eigenvalue weighted by Crippen LogP contribution is -2.50. The van der Waals surface area contributed by atoms with Crippen molar-refractivity contribution in [2.75, 3.05) is 6.54 Å². The SMILES string of the molecule is CC(C)NC(=O)CCc1cc2n(n1)CCN(C(=O)[C@H](N)C1CCCCC1)C2.Cl. The number of aromatic nitrogens is 2. The molecule has 0 bridgehead atoms. The molecule has 2 aliphatic rings. The van der Waals surface area contributed by atoms with Gasteiger partial charge in [0.15, 0.2) is 0 Å². The standard InChI is InChI=1S/C20H33N5O2.ClH/c1-14(2)22-18(26)9-8-16-12-17-13-24(10-11-25(17)23-16)20(27)19(21)15-6-4-3-5-7-15;/h12,14-15,19H,3-11,13,21H2,1-2H3,(H,22,26);1H/t19-;/m1./s1. The Bertz CT molecular complexity index is 670. The molecule has 2 amide bonds. The number of carbonyl (C=O) groups excluding carboxylic acids is 2. The zero-order chi connectivity index (χ0) is 19.4. The zero-order valence-electron chi connectivity index (χ0n) is 17.0. The van der Waals surface area contributed by atoms with Crippen LogP contribution in [0.2, 0.25) is 0 Å². The van der Waals surface area contributed by atoms with E-state index in [2.05, 4.69) is 10.4 Å². The first-order chi connectivity index (χ1) is 12.9. The summed E-state index contributed by atoms with van der Waals surface area (Å²) in [6.07, 6.45) is 6.83. The molecule has 3 N–H and O–H groups in total. The van der Waals surface area contributed by atoms with Crippen molar-refractivity contribution >= 4 is 24.2 Å². The Kier molecular flexibility index (Phi) is 8.31. The summed E-state index contributed by atoms with van der Waals surface area (Å²) < 4.78 is 1.96. The molecule has 3 rings (SSSR count). The van der Waals surface area contributed by atoms with Crippen molar-refractivity contribution in [1.82, 2.24) is 20.0 Å². The molecule has 0 aromatic carbocycles. The number of aryl methyl sites for hydroxylation is 1. The highest BCUT2D eigenvalue weighted by Gasteiger charge is 2.31. The number of amides is 2. The monoisotopic (exact) mass is 411 g/mol. The highest BCUT2D eigenvalue weighted by atomic mass is 35.5. The van der Waals surface area contributed by atoms with Crippen LogP contribution in [0.5, 0.6) is 0 Å². The van der Waals surface area contributed by atoms with E-state index < -0.39 is 0 Å². The number of nitrogens with zero attached hydrogens (tertiary/aromatic N) is 3. The number of nitrogens with one attached hydrogen (secondary N) is 1. The summed E-state index contributed by atoms with van der Waals surface area (Å²) in [6, 6.07) is 1.80. The molecule has 8 heteroatoms. The van der Waals surface area contributed by atoms with Crippen molar-refractivity contribution in [2.45, 2.75) is 84.0 Å². The van der Waals surface area contributed by atoms with Crippen LogP contribution in [-0.2, 0) is 29.1 Å². The van der Waals surface area contributed by atoms with E-state index in [1.54, 1.807) is 0 Å². The Morgan fingerprint density at radius 1 is 1.25 bits per heavy atom. The molecule has 0 saturated heterocycles. The Morgan fingerprint density at radius 2 is 1.96 bits per heavy atom. The molecule has 2 heterocycles. The highest BCUT2D eigenvalue weighted by Crippen LogP contribution is 2.27.